The van der Waals surface area contributed by atoms with Crippen molar-refractivity contribution >= 4 is 45.4 Å². The Kier molecular flexibility index (Phi) is 6.29. The van der Waals surface area contributed by atoms with E-state index in [1.165, 1.54) is 5.56 Å². The molecule has 0 radical (unpaired) electrons. The molecule has 6 heteroatoms. The third kappa shape index (κ3) is 3.61. The molecule has 0 aliphatic carbocycles. The number of hydrogen-bond acceptors (Lipinski definition) is 5. The van der Waals surface area contributed by atoms with E-state index in [0.29, 0.717) is 12.2 Å². The number of ether oxygens (including phenoxy) is 1. The van der Waals surface area contributed by atoms with Crippen LogP contribution in [0.25, 0.3) is 10.8 Å². The highest BCUT2D eigenvalue weighted by Gasteiger charge is 2.41. The summed E-state index contributed by atoms with van der Waals surface area (Å²) in [5, 5.41) is 4.03. The Morgan fingerprint density at radius 3 is 2.56 bits per heavy atom. The van der Waals surface area contributed by atoms with Crippen LogP contribution >= 0.6 is 23.0 Å². The molecule has 5 nitrogen and oxygen atoms in total. The van der Waals surface area contributed by atoms with Crippen molar-refractivity contribution < 1.29 is 12.6 Å². The molecule has 1 heterocycles. The summed E-state index contributed by atoms with van der Waals surface area (Å²) in [4.78, 5) is 11.9. The number of esters is 1. The standard InChI is InChI=1S/C18H22N2O2.CH3IO/c1-5-22-17(21)13-6-8-14-12(10-13)7-9-15-16(14)18(3,4)11(2)20(15)19;1-3-2/h6-11H,5,19H2,1-4H3;1H3. The van der Waals surface area contributed by atoms with Crippen LogP contribution in [0.2, 0.25) is 0 Å². The number of nitrogens with two attached hydrogens (primary N) is 1. The van der Waals surface area contributed by atoms with Crippen LogP contribution in [0, 0.1) is 0 Å². The topological polar surface area (TPSA) is 64.8 Å². The highest BCUT2D eigenvalue weighted by molar-refractivity contribution is 14.1. The zero-order valence-electron chi connectivity index (χ0n) is 15.3. The number of nitrogens with zero attached hydrogens (tertiary/aromatic N) is 1. The summed E-state index contributed by atoms with van der Waals surface area (Å²) in [6.45, 7) is 8.75. The molecule has 0 spiro atoms. The average Bonchev–Trinajstić information content (AvgIpc) is 2.76. The summed E-state index contributed by atoms with van der Waals surface area (Å²) in [7, 11) is 1.61. The zero-order valence-corrected chi connectivity index (χ0v) is 17.5. The third-order valence-electron chi connectivity index (χ3n) is 4.89. The van der Waals surface area contributed by atoms with Gasteiger partial charge in [-0.25, -0.2) is 10.6 Å². The van der Waals surface area contributed by atoms with E-state index in [9.17, 15) is 4.79 Å². The van der Waals surface area contributed by atoms with E-state index < -0.39 is 0 Å². The summed E-state index contributed by atoms with van der Waals surface area (Å²) < 4.78 is 9.30. The van der Waals surface area contributed by atoms with Gasteiger partial charge in [0.2, 0.25) is 0 Å². The van der Waals surface area contributed by atoms with E-state index >= 15 is 0 Å². The quantitative estimate of drug-likeness (QED) is 0.414. The van der Waals surface area contributed by atoms with Crippen LogP contribution in [-0.4, -0.2) is 25.7 Å². The Balaban J connectivity index is 0.000000701. The summed E-state index contributed by atoms with van der Waals surface area (Å²) in [6, 6.07) is 10.0. The Morgan fingerprint density at radius 2 is 1.96 bits per heavy atom. The second kappa shape index (κ2) is 7.88. The van der Waals surface area contributed by atoms with E-state index in [-0.39, 0.29) is 17.4 Å². The zero-order chi connectivity index (χ0) is 18.8. The number of benzene rings is 2. The number of halogens is 1. The van der Waals surface area contributed by atoms with Gasteiger partial charge in [0.25, 0.3) is 0 Å². The van der Waals surface area contributed by atoms with Gasteiger partial charge in [-0.3, -0.25) is 0 Å². The molecule has 0 bridgehead atoms. The number of carbonyl (C=O) groups excluding carboxylic acids is 1. The first-order valence-corrected chi connectivity index (χ1v) is 9.10. The Labute approximate surface area is 163 Å². The van der Waals surface area contributed by atoms with Gasteiger partial charge in [0, 0.05) is 12.5 Å². The lowest BCUT2D eigenvalue weighted by Crippen LogP contribution is -2.43. The smallest absolute Gasteiger partial charge is 0.338 e. The number of hydrogen-bond donors (Lipinski definition) is 1. The maximum absolute atomic E-state index is 11.9. The average molecular weight is 456 g/mol. The SMILES string of the molecule is CCOC(=O)c1ccc2c3c(ccc2c1)N(N)C(C)C3(C)C.COI. The van der Waals surface area contributed by atoms with Gasteiger partial charge < -0.3 is 12.8 Å². The van der Waals surface area contributed by atoms with Crippen molar-refractivity contribution in [1.82, 2.24) is 0 Å². The third-order valence-corrected chi connectivity index (χ3v) is 4.89. The lowest BCUT2D eigenvalue weighted by atomic mass is 9.79. The minimum atomic E-state index is -0.280. The van der Waals surface area contributed by atoms with Crippen LogP contribution in [0.1, 0.15) is 43.6 Å². The van der Waals surface area contributed by atoms with Gasteiger partial charge in [-0.15, -0.1) is 0 Å². The van der Waals surface area contributed by atoms with Crippen molar-refractivity contribution in [3.8, 4) is 0 Å². The Hall–Kier alpha value is -1.38. The van der Waals surface area contributed by atoms with Crippen molar-refractivity contribution in [2.24, 2.45) is 5.84 Å². The molecule has 25 heavy (non-hydrogen) atoms. The molecule has 0 saturated heterocycles. The summed E-state index contributed by atoms with van der Waals surface area (Å²) >= 11 is 1.79. The van der Waals surface area contributed by atoms with E-state index in [2.05, 4.69) is 23.8 Å². The first-order chi connectivity index (χ1) is 11.8. The van der Waals surface area contributed by atoms with Gasteiger partial charge in [0.15, 0.2) is 0 Å². The molecular formula is C19H25IN2O3. The summed E-state index contributed by atoms with van der Waals surface area (Å²) in [5.41, 5.74) is 2.85. The maximum atomic E-state index is 11.9. The molecule has 136 valence electrons. The predicted octanol–water partition coefficient (Wildman–Crippen LogP) is 4.36. The van der Waals surface area contributed by atoms with E-state index in [0.717, 1.165) is 16.5 Å². The molecule has 0 amide bonds. The molecule has 1 aliphatic heterocycles. The monoisotopic (exact) mass is 456 g/mol. The molecule has 1 aliphatic rings. The summed E-state index contributed by atoms with van der Waals surface area (Å²) in [5.74, 6) is 5.95. The minimum Gasteiger partial charge on any atom is -0.462 e. The van der Waals surface area contributed by atoms with Gasteiger partial charge in [0.05, 0.1) is 23.9 Å². The molecule has 1 unspecified atom stereocenters. The van der Waals surface area contributed by atoms with Crippen LogP contribution < -0.4 is 10.9 Å². The predicted molar refractivity (Wildman–Crippen MR) is 110 cm³/mol. The van der Waals surface area contributed by atoms with Crippen molar-refractivity contribution in [3.63, 3.8) is 0 Å². The molecule has 3 rings (SSSR count). The number of fused-ring (bicyclic) bond motifs is 3. The summed E-state index contributed by atoms with van der Waals surface area (Å²) in [6.07, 6.45) is 0. The molecule has 2 aromatic rings. The second-order valence-electron chi connectivity index (χ2n) is 6.58. The number of hydrazine groups is 1. The Morgan fingerprint density at radius 1 is 1.32 bits per heavy atom. The molecule has 0 saturated carbocycles. The molecule has 2 aromatic carbocycles. The molecule has 0 fully saturated rings. The van der Waals surface area contributed by atoms with E-state index in [1.54, 1.807) is 30.1 Å². The fourth-order valence-electron chi connectivity index (χ4n) is 3.32. The van der Waals surface area contributed by atoms with Crippen LogP contribution in [0.15, 0.2) is 30.3 Å². The lowest BCUT2D eigenvalue weighted by molar-refractivity contribution is 0.0526. The number of anilines is 1. The van der Waals surface area contributed by atoms with Crippen molar-refractivity contribution in [3.05, 3.63) is 41.5 Å². The van der Waals surface area contributed by atoms with Crippen molar-refractivity contribution in [2.45, 2.75) is 39.2 Å². The van der Waals surface area contributed by atoms with E-state index in [1.807, 2.05) is 42.3 Å². The largest absolute Gasteiger partial charge is 0.462 e. The number of rotatable bonds is 2. The first-order valence-electron chi connectivity index (χ1n) is 8.22. The fourth-order valence-corrected chi connectivity index (χ4v) is 3.32. The normalized spacial score (nSPS) is 17.7. The number of carbonyl (C=O) groups is 1. The minimum absolute atomic E-state index is 0.0466. The lowest BCUT2D eigenvalue weighted by Gasteiger charge is -2.28. The van der Waals surface area contributed by atoms with Gasteiger partial charge in [0.1, 0.15) is 23.0 Å². The van der Waals surface area contributed by atoms with Gasteiger partial charge in [-0.05, 0) is 48.4 Å². The highest BCUT2D eigenvalue weighted by atomic mass is 127. The van der Waals surface area contributed by atoms with Crippen LogP contribution in [0.5, 0.6) is 0 Å². The fraction of sp³-hybridized carbons (Fsp3) is 0.421. The van der Waals surface area contributed by atoms with Crippen LogP contribution in [-0.2, 0) is 13.2 Å². The molecule has 1 atom stereocenters. The van der Waals surface area contributed by atoms with Crippen molar-refractivity contribution in [2.75, 3.05) is 18.7 Å². The molecule has 2 N–H and O–H groups in total. The van der Waals surface area contributed by atoms with E-state index in [4.69, 9.17) is 10.6 Å². The first kappa shape index (κ1) is 19.9. The maximum Gasteiger partial charge on any atom is 0.338 e. The van der Waals surface area contributed by atoms with Gasteiger partial charge in [-0.2, -0.15) is 0 Å². The van der Waals surface area contributed by atoms with Crippen LogP contribution in [0.3, 0.4) is 0 Å². The van der Waals surface area contributed by atoms with Crippen LogP contribution in [0.4, 0.5) is 5.69 Å². The van der Waals surface area contributed by atoms with Gasteiger partial charge in [-0.1, -0.05) is 26.0 Å². The van der Waals surface area contributed by atoms with Gasteiger partial charge >= 0.3 is 5.97 Å². The molecule has 0 aromatic heterocycles. The molecular weight excluding hydrogens is 431 g/mol. The van der Waals surface area contributed by atoms with Crippen molar-refractivity contribution in [1.29, 1.82) is 0 Å². The highest BCUT2D eigenvalue weighted by Crippen LogP contribution is 2.46. The second-order valence-corrected chi connectivity index (χ2v) is 7.46. The Bertz CT molecular complexity index is 777.